The highest BCUT2D eigenvalue weighted by molar-refractivity contribution is 7.93. The highest BCUT2D eigenvalue weighted by Gasteiger charge is 2.23. The first-order valence-corrected chi connectivity index (χ1v) is 10.6. The lowest BCUT2D eigenvalue weighted by Gasteiger charge is -2.06. The molecule has 7 nitrogen and oxygen atoms in total. The molecule has 9 heteroatoms. The van der Waals surface area contributed by atoms with E-state index >= 15 is 0 Å². The van der Waals surface area contributed by atoms with Gasteiger partial charge in [0.25, 0.3) is 10.0 Å². The van der Waals surface area contributed by atoms with Gasteiger partial charge in [-0.15, -0.1) is 0 Å². The largest absolute Gasteiger partial charge is 0.497 e. The predicted octanol–water partition coefficient (Wildman–Crippen LogP) is 3.80. The second-order valence-electron chi connectivity index (χ2n) is 5.56. The molecule has 1 heterocycles. The molecule has 0 fully saturated rings. The van der Waals surface area contributed by atoms with Gasteiger partial charge >= 0.3 is 5.97 Å². The second kappa shape index (κ2) is 8.41. The summed E-state index contributed by atoms with van der Waals surface area (Å²) in [5.74, 6) is -0.00194. The average Bonchev–Trinajstić information content (AvgIpc) is 3.12. The summed E-state index contributed by atoms with van der Waals surface area (Å²) in [4.78, 5) is 16.9. The molecule has 0 spiro atoms. The monoisotopic (exact) mass is 418 g/mol. The summed E-state index contributed by atoms with van der Waals surface area (Å²) in [5, 5.41) is 0.0812. The van der Waals surface area contributed by atoms with Crippen molar-refractivity contribution in [2.24, 2.45) is 0 Å². The molecule has 0 atom stereocenters. The Morgan fingerprint density at radius 1 is 1.11 bits per heavy atom. The van der Waals surface area contributed by atoms with E-state index < -0.39 is 16.0 Å². The summed E-state index contributed by atoms with van der Waals surface area (Å²) < 4.78 is 37.9. The van der Waals surface area contributed by atoms with Crippen molar-refractivity contribution in [1.82, 2.24) is 4.98 Å². The number of anilines is 1. The average molecular weight is 418 g/mol. The third-order valence-electron chi connectivity index (χ3n) is 3.73. The van der Waals surface area contributed by atoms with Crippen molar-refractivity contribution in [2.45, 2.75) is 11.8 Å². The van der Waals surface area contributed by atoms with Crippen LogP contribution in [0.15, 0.2) is 59.5 Å². The van der Waals surface area contributed by atoms with E-state index in [9.17, 15) is 13.2 Å². The van der Waals surface area contributed by atoms with Crippen LogP contribution in [-0.4, -0.2) is 33.1 Å². The molecule has 146 valence electrons. The summed E-state index contributed by atoms with van der Waals surface area (Å²) in [6.07, 6.45) is 0. The van der Waals surface area contributed by atoms with Gasteiger partial charge < -0.3 is 9.47 Å². The minimum Gasteiger partial charge on any atom is -0.497 e. The maximum absolute atomic E-state index is 12.7. The fourth-order valence-electron chi connectivity index (χ4n) is 2.42. The third kappa shape index (κ3) is 4.32. The van der Waals surface area contributed by atoms with Crippen LogP contribution in [0.1, 0.15) is 16.6 Å². The molecule has 0 amide bonds. The van der Waals surface area contributed by atoms with Crippen LogP contribution in [0, 0.1) is 0 Å². The highest BCUT2D eigenvalue weighted by Crippen LogP contribution is 2.33. The molecule has 28 heavy (non-hydrogen) atoms. The van der Waals surface area contributed by atoms with Crippen LogP contribution in [-0.2, 0) is 14.8 Å². The van der Waals surface area contributed by atoms with Crippen LogP contribution in [0.4, 0.5) is 5.13 Å². The fraction of sp³-hybridized carbons (Fsp3) is 0.158. The van der Waals surface area contributed by atoms with E-state index in [4.69, 9.17) is 9.47 Å². The lowest BCUT2D eigenvalue weighted by Crippen LogP contribution is -2.12. The number of nitrogens with one attached hydrogen (secondary N) is 1. The molecule has 1 N–H and O–H groups in total. The van der Waals surface area contributed by atoms with Crippen molar-refractivity contribution < 1.29 is 22.7 Å². The van der Waals surface area contributed by atoms with Gasteiger partial charge in [-0.2, -0.15) is 0 Å². The van der Waals surface area contributed by atoms with Crippen molar-refractivity contribution in [2.75, 3.05) is 18.4 Å². The Hall–Kier alpha value is -2.91. The number of carbonyl (C=O) groups is 1. The van der Waals surface area contributed by atoms with E-state index in [1.807, 2.05) is 18.2 Å². The Morgan fingerprint density at radius 3 is 2.39 bits per heavy atom. The van der Waals surface area contributed by atoms with Crippen LogP contribution in [0.2, 0.25) is 0 Å². The number of thiazole rings is 1. The zero-order chi connectivity index (χ0) is 20.1. The van der Waals surface area contributed by atoms with Crippen molar-refractivity contribution in [1.29, 1.82) is 0 Å². The first-order chi connectivity index (χ1) is 13.4. The molecule has 3 aromatic rings. The molecule has 0 aliphatic heterocycles. The Bertz CT molecular complexity index is 1060. The van der Waals surface area contributed by atoms with Crippen molar-refractivity contribution in [3.63, 3.8) is 0 Å². The van der Waals surface area contributed by atoms with E-state index in [-0.39, 0.29) is 21.5 Å². The zero-order valence-corrected chi connectivity index (χ0v) is 16.8. The number of hydrogen-bond donors (Lipinski definition) is 1. The normalized spacial score (nSPS) is 11.1. The van der Waals surface area contributed by atoms with Crippen LogP contribution in [0.3, 0.4) is 0 Å². The van der Waals surface area contributed by atoms with Gasteiger partial charge in [0.1, 0.15) is 10.6 Å². The minimum atomic E-state index is -3.87. The van der Waals surface area contributed by atoms with Crippen LogP contribution in [0.25, 0.3) is 11.3 Å². The number of aromatic nitrogens is 1. The predicted molar refractivity (Wildman–Crippen MR) is 107 cm³/mol. The summed E-state index contributed by atoms with van der Waals surface area (Å²) in [6, 6.07) is 15.0. The van der Waals surface area contributed by atoms with Gasteiger partial charge in [0.15, 0.2) is 5.13 Å². The molecule has 0 aliphatic rings. The molecule has 0 radical (unpaired) electrons. The van der Waals surface area contributed by atoms with Gasteiger partial charge in [0.2, 0.25) is 0 Å². The van der Waals surface area contributed by atoms with Crippen LogP contribution in [0.5, 0.6) is 5.75 Å². The van der Waals surface area contributed by atoms with Gasteiger partial charge in [0, 0.05) is 5.56 Å². The van der Waals surface area contributed by atoms with E-state index in [0.717, 1.165) is 11.3 Å². The number of methoxy groups -OCH3 is 1. The topological polar surface area (TPSA) is 94.6 Å². The quantitative estimate of drug-likeness (QED) is 0.587. The molecule has 0 unspecified atom stereocenters. The molecule has 0 saturated carbocycles. The number of esters is 1. The number of carbonyl (C=O) groups excluding carboxylic acids is 1. The van der Waals surface area contributed by atoms with Gasteiger partial charge in [-0.3, -0.25) is 4.72 Å². The molecular weight excluding hydrogens is 400 g/mol. The minimum absolute atomic E-state index is 0.0578. The molecule has 0 aliphatic carbocycles. The second-order valence-corrected chi connectivity index (χ2v) is 8.25. The van der Waals surface area contributed by atoms with E-state index in [1.165, 1.54) is 19.2 Å². The first kappa shape index (κ1) is 19.8. The van der Waals surface area contributed by atoms with E-state index in [2.05, 4.69) is 9.71 Å². The van der Waals surface area contributed by atoms with Crippen molar-refractivity contribution >= 4 is 32.5 Å². The van der Waals surface area contributed by atoms with Gasteiger partial charge in [0.05, 0.1) is 24.3 Å². The van der Waals surface area contributed by atoms with E-state index in [0.29, 0.717) is 17.0 Å². The van der Waals surface area contributed by atoms with Crippen molar-refractivity contribution in [3.8, 4) is 17.0 Å². The number of nitrogens with zero attached hydrogens (tertiary/aromatic N) is 1. The molecule has 0 bridgehead atoms. The Morgan fingerprint density at radius 2 is 1.79 bits per heavy atom. The van der Waals surface area contributed by atoms with Gasteiger partial charge in [-0.25, -0.2) is 18.2 Å². The highest BCUT2D eigenvalue weighted by atomic mass is 32.2. The zero-order valence-electron chi connectivity index (χ0n) is 15.2. The molecule has 3 rings (SSSR count). The summed E-state index contributed by atoms with van der Waals surface area (Å²) in [7, 11) is -2.37. The number of ether oxygens (including phenoxy) is 2. The molecular formula is C19H18N2O5S2. The Kier molecular flexibility index (Phi) is 5.96. The standard InChI is InChI=1S/C19H18N2O5S2/c1-3-26-18(22)17-16(13-7-5-4-6-8-13)20-19(27-17)21-28(23,24)15-11-9-14(25-2)10-12-15/h4-12H,3H2,1-2H3,(H,20,21). The lowest BCUT2D eigenvalue weighted by molar-refractivity contribution is 0.0532. The van der Waals surface area contributed by atoms with Crippen LogP contribution < -0.4 is 9.46 Å². The summed E-state index contributed by atoms with van der Waals surface area (Å²) >= 11 is 0.931. The summed E-state index contributed by atoms with van der Waals surface area (Å²) in [6.45, 7) is 1.91. The fourth-order valence-corrected chi connectivity index (χ4v) is 4.54. The van der Waals surface area contributed by atoms with Gasteiger partial charge in [-0.05, 0) is 31.2 Å². The SMILES string of the molecule is CCOC(=O)c1sc(NS(=O)(=O)c2ccc(OC)cc2)nc1-c1ccccc1. The number of sulfonamides is 1. The van der Waals surface area contributed by atoms with Crippen molar-refractivity contribution in [3.05, 3.63) is 59.5 Å². The third-order valence-corrected chi connectivity index (χ3v) is 6.16. The number of rotatable bonds is 7. The number of benzene rings is 2. The molecule has 2 aromatic carbocycles. The first-order valence-electron chi connectivity index (χ1n) is 8.35. The Balaban J connectivity index is 1.96. The maximum atomic E-state index is 12.7. The molecule has 0 saturated heterocycles. The smallest absolute Gasteiger partial charge is 0.350 e. The van der Waals surface area contributed by atoms with Crippen LogP contribution >= 0.6 is 11.3 Å². The lowest BCUT2D eigenvalue weighted by atomic mass is 10.1. The van der Waals surface area contributed by atoms with E-state index in [1.54, 1.807) is 31.2 Å². The Labute approximate surface area is 167 Å². The summed E-state index contributed by atoms with van der Waals surface area (Å²) in [5.41, 5.74) is 1.06. The number of hydrogen-bond acceptors (Lipinski definition) is 7. The molecule has 1 aromatic heterocycles. The maximum Gasteiger partial charge on any atom is 0.350 e. The van der Waals surface area contributed by atoms with Gasteiger partial charge in [-0.1, -0.05) is 41.7 Å².